The minimum absolute atomic E-state index is 0. The molecule has 0 aliphatic carbocycles. The molecule has 1 aliphatic rings. The van der Waals surface area contributed by atoms with Gasteiger partial charge in [0.15, 0.2) is 11.1 Å². The third-order valence-electron chi connectivity index (χ3n) is 3.57. The molecule has 126 valence electrons. The number of hydrogen-bond acceptors (Lipinski definition) is 5. The summed E-state index contributed by atoms with van der Waals surface area (Å²) in [7, 11) is 1.74. The van der Waals surface area contributed by atoms with Gasteiger partial charge in [-0.1, -0.05) is 0 Å². The predicted molar refractivity (Wildman–Crippen MR) is 104 cm³/mol. The van der Waals surface area contributed by atoms with Gasteiger partial charge in [0, 0.05) is 58.0 Å². The maximum absolute atomic E-state index is 6.07. The van der Waals surface area contributed by atoms with Gasteiger partial charge in [0.1, 0.15) is 0 Å². The second-order valence-electron chi connectivity index (χ2n) is 5.08. The Morgan fingerprint density at radius 1 is 1.32 bits per heavy atom. The van der Waals surface area contributed by atoms with Crippen LogP contribution in [0, 0.1) is 0 Å². The second-order valence-corrected chi connectivity index (χ2v) is 5.96. The van der Waals surface area contributed by atoms with Crippen LogP contribution in [0.2, 0.25) is 0 Å². The molecular formula is C14H26IN5OS. The molecule has 8 heteroatoms. The molecule has 0 aromatic carbocycles. The molecule has 2 rings (SSSR count). The highest BCUT2D eigenvalue weighted by atomic mass is 127. The first kappa shape index (κ1) is 19.4. The molecule has 1 fully saturated rings. The average Bonchev–Trinajstić information content (AvgIpc) is 3.05. The summed E-state index contributed by atoms with van der Waals surface area (Å²) in [4.78, 5) is 13.3. The predicted octanol–water partition coefficient (Wildman–Crippen LogP) is 2.01. The standard InChI is InChI=1S/C14H25N5OS.HI/c1-20-11-4-2-3-5-16-13(15)18-7-9-19(10-8-18)14-17-6-12-21-14;/h6,12H,2-5,7-11H2,1H3,(H2,15,16);1H. The molecule has 0 radical (unpaired) electrons. The number of anilines is 1. The summed E-state index contributed by atoms with van der Waals surface area (Å²) in [6.07, 6.45) is 5.16. The SMILES string of the molecule is COCCCCCN=C(N)N1CCN(c2nccs2)CC1.I. The van der Waals surface area contributed by atoms with E-state index in [4.69, 9.17) is 10.5 Å². The van der Waals surface area contributed by atoms with Crippen LogP contribution in [0.4, 0.5) is 5.13 Å². The fraction of sp³-hybridized carbons (Fsp3) is 0.714. The van der Waals surface area contributed by atoms with Crippen molar-refractivity contribution in [3.63, 3.8) is 0 Å². The molecule has 1 aromatic rings. The molecule has 0 spiro atoms. The quantitative estimate of drug-likeness (QED) is 0.305. The average molecular weight is 439 g/mol. The fourth-order valence-corrected chi connectivity index (χ4v) is 3.02. The number of ether oxygens (including phenoxy) is 1. The monoisotopic (exact) mass is 439 g/mol. The van der Waals surface area contributed by atoms with Crippen molar-refractivity contribution in [2.24, 2.45) is 10.7 Å². The van der Waals surface area contributed by atoms with Gasteiger partial charge in [0.2, 0.25) is 0 Å². The number of guanidine groups is 1. The Labute approximate surface area is 153 Å². The summed E-state index contributed by atoms with van der Waals surface area (Å²) in [5.41, 5.74) is 6.07. The van der Waals surface area contributed by atoms with E-state index in [1.807, 2.05) is 11.6 Å². The van der Waals surface area contributed by atoms with Crippen molar-refractivity contribution in [2.45, 2.75) is 19.3 Å². The Bertz CT molecular complexity index is 421. The van der Waals surface area contributed by atoms with Crippen LogP contribution >= 0.6 is 35.3 Å². The molecule has 6 nitrogen and oxygen atoms in total. The molecule has 1 aliphatic heterocycles. The lowest BCUT2D eigenvalue weighted by atomic mass is 10.2. The van der Waals surface area contributed by atoms with Crippen LogP contribution in [-0.4, -0.2) is 62.3 Å². The van der Waals surface area contributed by atoms with E-state index in [1.165, 1.54) is 0 Å². The van der Waals surface area contributed by atoms with Crippen LogP contribution in [0.15, 0.2) is 16.6 Å². The Morgan fingerprint density at radius 3 is 2.73 bits per heavy atom. The molecule has 0 atom stereocenters. The van der Waals surface area contributed by atoms with Crippen LogP contribution < -0.4 is 10.6 Å². The highest BCUT2D eigenvalue weighted by molar-refractivity contribution is 14.0. The van der Waals surface area contributed by atoms with Gasteiger partial charge in [0.05, 0.1) is 0 Å². The normalized spacial score (nSPS) is 15.8. The molecule has 1 saturated heterocycles. The van der Waals surface area contributed by atoms with E-state index in [9.17, 15) is 0 Å². The zero-order valence-corrected chi connectivity index (χ0v) is 16.3. The Balaban J connectivity index is 0.00000242. The first-order valence-electron chi connectivity index (χ1n) is 7.49. The number of rotatable bonds is 7. The van der Waals surface area contributed by atoms with Gasteiger partial charge in [-0.05, 0) is 19.3 Å². The molecular weight excluding hydrogens is 413 g/mol. The molecule has 2 N–H and O–H groups in total. The van der Waals surface area contributed by atoms with Crippen molar-refractivity contribution in [3.8, 4) is 0 Å². The van der Waals surface area contributed by atoms with Gasteiger partial charge in [0.25, 0.3) is 0 Å². The first-order valence-corrected chi connectivity index (χ1v) is 8.37. The van der Waals surface area contributed by atoms with Crippen LogP contribution in [0.5, 0.6) is 0 Å². The summed E-state index contributed by atoms with van der Waals surface area (Å²) in [5.74, 6) is 0.681. The van der Waals surface area contributed by atoms with E-state index in [0.29, 0.717) is 5.96 Å². The Hall–Kier alpha value is -0.610. The third-order valence-corrected chi connectivity index (χ3v) is 4.41. The first-order chi connectivity index (χ1) is 10.3. The minimum Gasteiger partial charge on any atom is -0.385 e. The van der Waals surface area contributed by atoms with E-state index in [2.05, 4.69) is 19.8 Å². The number of methoxy groups -OCH3 is 1. The Kier molecular flexibility index (Phi) is 9.73. The number of aromatic nitrogens is 1. The highest BCUT2D eigenvalue weighted by Crippen LogP contribution is 2.18. The van der Waals surface area contributed by atoms with Gasteiger partial charge in [-0.3, -0.25) is 4.99 Å². The number of halogens is 1. The number of unbranched alkanes of at least 4 members (excludes halogenated alkanes) is 2. The fourth-order valence-electron chi connectivity index (χ4n) is 2.33. The number of thiazole rings is 1. The molecule has 0 amide bonds. The largest absolute Gasteiger partial charge is 0.385 e. The van der Waals surface area contributed by atoms with Crippen LogP contribution in [-0.2, 0) is 4.74 Å². The maximum Gasteiger partial charge on any atom is 0.191 e. The number of piperazine rings is 1. The van der Waals surface area contributed by atoms with Crippen molar-refractivity contribution >= 4 is 46.4 Å². The van der Waals surface area contributed by atoms with E-state index < -0.39 is 0 Å². The van der Waals surface area contributed by atoms with Crippen LogP contribution in [0.25, 0.3) is 0 Å². The molecule has 22 heavy (non-hydrogen) atoms. The van der Waals surface area contributed by atoms with Crippen molar-refractivity contribution in [1.29, 1.82) is 0 Å². The van der Waals surface area contributed by atoms with Crippen LogP contribution in [0.1, 0.15) is 19.3 Å². The summed E-state index contributed by atoms with van der Waals surface area (Å²) in [6, 6.07) is 0. The maximum atomic E-state index is 6.07. The van der Waals surface area contributed by atoms with Crippen molar-refractivity contribution < 1.29 is 4.74 Å². The summed E-state index contributed by atoms with van der Waals surface area (Å²) >= 11 is 1.69. The van der Waals surface area contributed by atoms with Crippen molar-refractivity contribution in [2.75, 3.05) is 51.3 Å². The summed E-state index contributed by atoms with van der Waals surface area (Å²) in [6.45, 7) is 5.38. The number of aliphatic imine (C=N–C) groups is 1. The van der Waals surface area contributed by atoms with Crippen molar-refractivity contribution in [1.82, 2.24) is 9.88 Å². The topological polar surface area (TPSA) is 67.0 Å². The van der Waals surface area contributed by atoms with Gasteiger partial charge >= 0.3 is 0 Å². The smallest absolute Gasteiger partial charge is 0.191 e. The third kappa shape index (κ3) is 6.25. The van der Waals surface area contributed by atoms with E-state index in [-0.39, 0.29) is 24.0 Å². The van der Waals surface area contributed by atoms with Gasteiger partial charge in [-0.25, -0.2) is 4.98 Å². The lowest BCUT2D eigenvalue weighted by molar-refractivity contribution is 0.192. The molecule has 0 unspecified atom stereocenters. The van der Waals surface area contributed by atoms with Gasteiger partial charge < -0.3 is 20.3 Å². The number of nitrogens with zero attached hydrogens (tertiary/aromatic N) is 4. The van der Waals surface area contributed by atoms with Gasteiger partial charge in [-0.15, -0.1) is 35.3 Å². The van der Waals surface area contributed by atoms with E-state index >= 15 is 0 Å². The number of nitrogens with two attached hydrogens (primary N) is 1. The van der Waals surface area contributed by atoms with Gasteiger partial charge in [-0.2, -0.15) is 0 Å². The number of hydrogen-bond donors (Lipinski definition) is 1. The molecule has 1 aromatic heterocycles. The zero-order valence-electron chi connectivity index (χ0n) is 13.1. The van der Waals surface area contributed by atoms with E-state index in [1.54, 1.807) is 18.4 Å². The Morgan fingerprint density at radius 2 is 2.09 bits per heavy atom. The molecule has 0 saturated carbocycles. The molecule has 2 heterocycles. The lowest BCUT2D eigenvalue weighted by Crippen LogP contribution is -2.51. The summed E-state index contributed by atoms with van der Waals surface area (Å²) < 4.78 is 5.03. The lowest BCUT2D eigenvalue weighted by Gasteiger charge is -2.35. The second kappa shape index (κ2) is 11.0. The summed E-state index contributed by atoms with van der Waals surface area (Å²) in [5, 5.41) is 3.12. The minimum atomic E-state index is 0. The highest BCUT2D eigenvalue weighted by Gasteiger charge is 2.19. The zero-order chi connectivity index (χ0) is 14.9. The van der Waals surface area contributed by atoms with Crippen LogP contribution in [0.3, 0.4) is 0 Å². The molecule has 0 bridgehead atoms. The van der Waals surface area contributed by atoms with Crippen molar-refractivity contribution in [3.05, 3.63) is 11.6 Å². The van der Waals surface area contributed by atoms with E-state index in [0.717, 1.165) is 63.7 Å².